The van der Waals surface area contributed by atoms with Crippen LogP contribution in [0, 0.1) is 5.41 Å². The summed E-state index contributed by atoms with van der Waals surface area (Å²) >= 11 is 1.55. The first-order chi connectivity index (χ1) is 13.7. The van der Waals surface area contributed by atoms with Crippen molar-refractivity contribution in [2.75, 3.05) is 18.6 Å². The van der Waals surface area contributed by atoms with E-state index in [0.29, 0.717) is 23.5 Å². The van der Waals surface area contributed by atoms with Crippen LogP contribution < -0.4 is 20.9 Å². The largest absolute Gasteiger partial charge is 0.482 e. The Bertz CT molecular complexity index is 1010. The zero-order valence-corrected chi connectivity index (χ0v) is 17.6. The van der Waals surface area contributed by atoms with Crippen molar-refractivity contribution in [2.45, 2.75) is 39.7 Å². The van der Waals surface area contributed by atoms with E-state index in [1.165, 1.54) is 0 Å². The summed E-state index contributed by atoms with van der Waals surface area (Å²) in [6.07, 6.45) is 2.68. The zero-order chi connectivity index (χ0) is 20.9. The number of carbonyl (C=O) groups is 2. The fourth-order valence-electron chi connectivity index (χ4n) is 4.16. The fraction of sp³-hybridized carbons (Fsp3) is 0.429. The van der Waals surface area contributed by atoms with E-state index in [-0.39, 0.29) is 17.9 Å². The number of carboxylic acids is 1. The maximum absolute atomic E-state index is 12.3. The maximum atomic E-state index is 12.3. The number of nitrogens with two attached hydrogens (primary N) is 1. The molecule has 0 atom stereocenters. The van der Waals surface area contributed by atoms with Crippen LogP contribution in [-0.2, 0) is 24.2 Å². The Kier molecular flexibility index (Phi) is 4.88. The summed E-state index contributed by atoms with van der Waals surface area (Å²) in [5, 5.41) is 10.1. The highest BCUT2D eigenvalue weighted by Gasteiger charge is 2.34. The third-order valence-electron chi connectivity index (χ3n) is 5.80. The normalized spacial score (nSPS) is 17.5. The van der Waals surface area contributed by atoms with Crippen molar-refractivity contribution in [3.63, 3.8) is 0 Å². The third-order valence-corrected chi connectivity index (χ3v) is 7.12. The molecular formula is C21H25N3O4S. The van der Waals surface area contributed by atoms with Gasteiger partial charge in [-0.3, -0.25) is 16.1 Å². The molecule has 1 amide bonds. The molecule has 0 spiro atoms. The SMILES string of the molecule is CN1C(=O)COc2cc(-c3sc4c(c3C(=O)O)CC(C)(C)CC4)c(CNN)cc21. The van der Waals surface area contributed by atoms with Gasteiger partial charge >= 0.3 is 5.97 Å². The van der Waals surface area contributed by atoms with Crippen LogP contribution in [0.15, 0.2) is 12.1 Å². The van der Waals surface area contributed by atoms with Crippen LogP contribution in [0.4, 0.5) is 5.69 Å². The van der Waals surface area contributed by atoms with Crippen molar-refractivity contribution in [1.82, 2.24) is 5.43 Å². The summed E-state index contributed by atoms with van der Waals surface area (Å²) in [7, 11) is 1.71. The summed E-state index contributed by atoms with van der Waals surface area (Å²) in [4.78, 5) is 27.7. The molecule has 1 aromatic carbocycles. The van der Waals surface area contributed by atoms with Gasteiger partial charge in [0, 0.05) is 28.9 Å². The number of nitrogens with zero attached hydrogens (tertiary/aromatic N) is 1. The summed E-state index contributed by atoms with van der Waals surface area (Å²) in [5.74, 6) is 5.14. The number of hydrogen-bond donors (Lipinski definition) is 3. The van der Waals surface area contributed by atoms with Gasteiger partial charge in [0.1, 0.15) is 5.75 Å². The molecule has 1 aliphatic heterocycles. The smallest absolute Gasteiger partial charge is 0.337 e. The third kappa shape index (κ3) is 3.41. The summed E-state index contributed by atoms with van der Waals surface area (Å²) < 4.78 is 5.65. The number of hydrazine groups is 1. The van der Waals surface area contributed by atoms with Crippen LogP contribution in [0.3, 0.4) is 0 Å². The van der Waals surface area contributed by atoms with E-state index in [9.17, 15) is 14.7 Å². The number of aromatic carboxylic acids is 1. The number of rotatable bonds is 4. The van der Waals surface area contributed by atoms with Crippen molar-refractivity contribution in [2.24, 2.45) is 11.3 Å². The average molecular weight is 416 g/mol. The van der Waals surface area contributed by atoms with Gasteiger partial charge in [-0.15, -0.1) is 11.3 Å². The first-order valence-electron chi connectivity index (χ1n) is 9.60. The first-order valence-corrected chi connectivity index (χ1v) is 10.4. The molecule has 1 aliphatic carbocycles. The Balaban J connectivity index is 1.92. The van der Waals surface area contributed by atoms with Crippen LogP contribution in [0.1, 0.15) is 46.6 Å². The number of carboxylic acid groups (broad SMARTS) is 1. The second-order valence-electron chi connectivity index (χ2n) is 8.45. The number of aryl methyl sites for hydroxylation is 1. The quantitative estimate of drug-likeness (QED) is 0.524. The number of nitrogens with one attached hydrogen (secondary N) is 1. The molecule has 7 nitrogen and oxygen atoms in total. The Morgan fingerprint density at radius 1 is 1.41 bits per heavy atom. The number of thiophene rings is 1. The first kappa shape index (κ1) is 19.9. The minimum atomic E-state index is -0.909. The number of ether oxygens (including phenoxy) is 1. The highest BCUT2D eigenvalue weighted by atomic mass is 32.1. The van der Waals surface area contributed by atoms with E-state index in [1.54, 1.807) is 23.3 Å². The summed E-state index contributed by atoms with van der Waals surface area (Å²) in [5.41, 5.74) is 6.36. The van der Waals surface area contributed by atoms with Gasteiger partial charge in [-0.05, 0) is 47.9 Å². The van der Waals surface area contributed by atoms with Gasteiger partial charge in [0.15, 0.2) is 6.61 Å². The monoisotopic (exact) mass is 415 g/mol. The van der Waals surface area contributed by atoms with Crippen LogP contribution in [0.25, 0.3) is 10.4 Å². The molecule has 29 heavy (non-hydrogen) atoms. The van der Waals surface area contributed by atoms with E-state index in [4.69, 9.17) is 10.6 Å². The summed E-state index contributed by atoms with van der Waals surface area (Å²) in [6, 6.07) is 3.70. The van der Waals surface area contributed by atoms with Gasteiger partial charge in [-0.25, -0.2) is 4.79 Å². The molecule has 0 bridgehead atoms. The fourth-order valence-corrected chi connectivity index (χ4v) is 5.52. The number of hydrogen-bond acceptors (Lipinski definition) is 6. The van der Waals surface area contributed by atoms with Crippen LogP contribution in [0.5, 0.6) is 5.75 Å². The second-order valence-corrected chi connectivity index (χ2v) is 9.56. The molecule has 0 saturated heterocycles. The number of anilines is 1. The van der Waals surface area contributed by atoms with Gasteiger partial charge < -0.3 is 14.7 Å². The van der Waals surface area contributed by atoms with Crippen molar-refractivity contribution >= 4 is 28.9 Å². The number of carbonyl (C=O) groups excluding carboxylic acids is 1. The maximum Gasteiger partial charge on any atom is 0.337 e. The van der Waals surface area contributed by atoms with Crippen molar-refractivity contribution in [3.8, 4) is 16.2 Å². The lowest BCUT2D eigenvalue weighted by atomic mass is 9.76. The lowest BCUT2D eigenvalue weighted by molar-refractivity contribution is -0.120. The Morgan fingerprint density at radius 2 is 2.17 bits per heavy atom. The topological polar surface area (TPSA) is 105 Å². The van der Waals surface area contributed by atoms with Crippen molar-refractivity contribution in [3.05, 3.63) is 33.7 Å². The van der Waals surface area contributed by atoms with Gasteiger partial charge in [-0.2, -0.15) is 0 Å². The van der Waals surface area contributed by atoms with Gasteiger partial charge in [0.05, 0.1) is 11.3 Å². The molecule has 0 saturated carbocycles. The molecule has 154 valence electrons. The molecule has 2 heterocycles. The number of likely N-dealkylation sites (N-methyl/N-ethyl adjacent to an activating group) is 1. The molecule has 4 N–H and O–H groups in total. The Labute approximate surface area is 173 Å². The number of fused-ring (bicyclic) bond motifs is 2. The van der Waals surface area contributed by atoms with E-state index in [2.05, 4.69) is 19.3 Å². The molecular weight excluding hydrogens is 390 g/mol. The van der Waals surface area contributed by atoms with Gasteiger partial charge in [0.2, 0.25) is 0 Å². The Morgan fingerprint density at radius 3 is 2.86 bits per heavy atom. The number of benzene rings is 1. The minimum absolute atomic E-state index is 0.0294. The van der Waals surface area contributed by atoms with Gasteiger partial charge in [0.25, 0.3) is 5.91 Å². The van der Waals surface area contributed by atoms with Gasteiger partial charge in [-0.1, -0.05) is 13.8 Å². The van der Waals surface area contributed by atoms with Crippen molar-refractivity contribution < 1.29 is 19.4 Å². The van der Waals surface area contributed by atoms with E-state index < -0.39 is 5.97 Å². The van der Waals surface area contributed by atoms with Crippen LogP contribution in [0.2, 0.25) is 0 Å². The molecule has 4 rings (SSSR count). The van der Waals surface area contributed by atoms with E-state index in [1.807, 2.05) is 12.1 Å². The highest BCUT2D eigenvalue weighted by Crippen LogP contribution is 2.47. The predicted octanol–water partition coefficient (Wildman–Crippen LogP) is 2.95. The molecule has 0 radical (unpaired) electrons. The van der Waals surface area contributed by atoms with Crippen LogP contribution >= 0.6 is 11.3 Å². The van der Waals surface area contributed by atoms with E-state index >= 15 is 0 Å². The summed E-state index contributed by atoms with van der Waals surface area (Å²) in [6.45, 7) is 4.68. The highest BCUT2D eigenvalue weighted by molar-refractivity contribution is 7.16. The molecule has 0 fully saturated rings. The minimum Gasteiger partial charge on any atom is -0.482 e. The second kappa shape index (κ2) is 7.12. The van der Waals surface area contributed by atoms with Crippen molar-refractivity contribution in [1.29, 1.82) is 0 Å². The molecule has 2 aliphatic rings. The molecule has 8 heteroatoms. The molecule has 2 aromatic rings. The molecule has 1 aromatic heterocycles. The van der Waals surface area contributed by atoms with Crippen LogP contribution in [-0.4, -0.2) is 30.6 Å². The molecule has 0 unspecified atom stereocenters. The predicted molar refractivity (Wildman–Crippen MR) is 112 cm³/mol. The lowest BCUT2D eigenvalue weighted by Gasteiger charge is -2.29. The van der Waals surface area contributed by atoms with E-state index in [0.717, 1.165) is 45.7 Å². The Hall–Kier alpha value is -2.42. The number of amides is 1. The average Bonchev–Trinajstić information content (AvgIpc) is 3.02. The lowest BCUT2D eigenvalue weighted by Crippen LogP contribution is -2.35. The standard InChI is InChI=1S/C21H25N3O4S/c1-21(2)5-4-16-13(8-21)18(20(26)27)19(29-16)12-7-15-14(6-11(12)9-23-22)24(3)17(25)10-28-15/h6-7,23H,4-5,8-10,22H2,1-3H3,(H,26,27). The zero-order valence-electron chi connectivity index (χ0n) is 16.8.